The number of nitrogens with zero attached hydrogens (tertiary/aromatic N) is 2. The SMILES string of the molecule is Cc1ccc(NC(=O)COc2ncnc3sc(C)c(C)c23)cc1. The number of hydrogen-bond donors (Lipinski definition) is 1. The lowest BCUT2D eigenvalue weighted by atomic mass is 10.2. The normalized spacial score (nSPS) is 10.7. The number of ether oxygens (including phenoxy) is 1. The predicted molar refractivity (Wildman–Crippen MR) is 92.2 cm³/mol. The molecule has 0 spiro atoms. The molecule has 0 saturated heterocycles. The van der Waals surface area contributed by atoms with E-state index in [0.717, 1.165) is 27.0 Å². The Bertz CT molecular complexity index is 856. The fraction of sp³-hybridized carbons (Fsp3) is 0.235. The summed E-state index contributed by atoms with van der Waals surface area (Å²) in [5.74, 6) is 0.237. The van der Waals surface area contributed by atoms with Gasteiger partial charge in [0.2, 0.25) is 5.88 Å². The molecule has 23 heavy (non-hydrogen) atoms. The molecule has 0 aliphatic rings. The van der Waals surface area contributed by atoms with E-state index < -0.39 is 0 Å². The van der Waals surface area contributed by atoms with E-state index in [2.05, 4.69) is 15.3 Å². The molecule has 0 fully saturated rings. The lowest BCUT2D eigenvalue weighted by Crippen LogP contribution is -2.20. The van der Waals surface area contributed by atoms with E-state index in [1.165, 1.54) is 11.2 Å². The number of hydrogen-bond acceptors (Lipinski definition) is 5. The van der Waals surface area contributed by atoms with Crippen LogP contribution in [0.1, 0.15) is 16.0 Å². The minimum absolute atomic E-state index is 0.0890. The van der Waals surface area contributed by atoms with Crippen LogP contribution < -0.4 is 10.1 Å². The van der Waals surface area contributed by atoms with Gasteiger partial charge < -0.3 is 10.1 Å². The summed E-state index contributed by atoms with van der Waals surface area (Å²) in [5.41, 5.74) is 2.99. The quantitative estimate of drug-likeness (QED) is 0.794. The van der Waals surface area contributed by atoms with Gasteiger partial charge in [0.1, 0.15) is 11.2 Å². The Balaban J connectivity index is 1.71. The Morgan fingerprint density at radius 3 is 2.65 bits per heavy atom. The second kappa shape index (κ2) is 6.34. The first-order valence-corrected chi connectivity index (χ1v) is 8.06. The summed E-state index contributed by atoms with van der Waals surface area (Å²) in [6.45, 7) is 5.96. The van der Waals surface area contributed by atoms with Gasteiger partial charge in [-0.2, -0.15) is 0 Å². The Hall–Kier alpha value is -2.47. The smallest absolute Gasteiger partial charge is 0.262 e. The first-order valence-electron chi connectivity index (χ1n) is 7.24. The molecule has 3 rings (SSSR count). The van der Waals surface area contributed by atoms with Crippen LogP contribution in [0.4, 0.5) is 5.69 Å². The molecule has 0 radical (unpaired) electrons. The molecule has 0 aliphatic heterocycles. The van der Waals surface area contributed by atoms with Crippen LogP contribution in [-0.4, -0.2) is 22.5 Å². The van der Waals surface area contributed by atoms with Gasteiger partial charge in [-0.1, -0.05) is 17.7 Å². The maximum Gasteiger partial charge on any atom is 0.262 e. The van der Waals surface area contributed by atoms with Crippen LogP contribution in [-0.2, 0) is 4.79 Å². The Kier molecular flexibility index (Phi) is 4.25. The molecule has 1 aromatic carbocycles. The maximum absolute atomic E-state index is 12.0. The minimum Gasteiger partial charge on any atom is -0.467 e. The summed E-state index contributed by atoms with van der Waals surface area (Å²) in [4.78, 5) is 22.5. The average Bonchev–Trinajstić information content (AvgIpc) is 2.83. The molecule has 2 aromatic heterocycles. The zero-order valence-corrected chi connectivity index (χ0v) is 14.0. The molecule has 0 aliphatic carbocycles. The van der Waals surface area contributed by atoms with E-state index in [9.17, 15) is 4.79 Å². The Labute approximate surface area is 138 Å². The van der Waals surface area contributed by atoms with Crippen molar-refractivity contribution in [3.05, 3.63) is 46.6 Å². The number of amides is 1. The minimum atomic E-state index is -0.217. The summed E-state index contributed by atoms with van der Waals surface area (Å²) in [6.07, 6.45) is 1.46. The number of carbonyl (C=O) groups is 1. The van der Waals surface area contributed by atoms with Crippen molar-refractivity contribution in [1.29, 1.82) is 0 Å². The van der Waals surface area contributed by atoms with Gasteiger partial charge in [-0.05, 0) is 38.5 Å². The van der Waals surface area contributed by atoms with Crippen molar-refractivity contribution in [2.45, 2.75) is 20.8 Å². The number of fused-ring (bicyclic) bond motifs is 1. The summed E-state index contributed by atoms with van der Waals surface area (Å²) in [7, 11) is 0. The molecule has 0 saturated carbocycles. The zero-order valence-electron chi connectivity index (χ0n) is 13.2. The molecule has 5 nitrogen and oxygen atoms in total. The highest BCUT2D eigenvalue weighted by Gasteiger charge is 2.14. The summed E-state index contributed by atoms with van der Waals surface area (Å²) < 4.78 is 5.61. The molecule has 0 bridgehead atoms. The van der Waals surface area contributed by atoms with Crippen LogP contribution in [0.3, 0.4) is 0 Å². The number of nitrogens with one attached hydrogen (secondary N) is 1. The summed E-state index contributed by atoms with van der Waals surface area (Å²) in [6, 6.07) is 7.62. The highest BCUT2D eigenvalue weighted by atomic mass is 32.1. The molecular formula is C17H17N3O2S. The first-order chi connectivity index (χ1) is 11.0. The van der Waals surface area contributed by atoms with E-state index in [0.29, 0.717) is 5.88 Å². The fourth-order valence-electron chi connectivity index (χ4n) is 2.23. The van der Waals surface area contributed by atoms with Crippen LogP contribution in [0.2, 0.25) is 0 Å². The van der Waals surface area contributed by atoms with E-state index in [4.69, 9.17) is 4.74 Å². The summed E-state index contributed by atoms with van der Waals surface area (Å²) in [5, 5.41) is 3.69. The highest BCUT2D eigenvalue weighted by molar-refractivity contribution is 7.18. The standard InChI is InChI=1S/C17H17N3O2S/c1-10-4-6-13(7-5-10)20-14(21)8-22-16-15-11(2)12(3)23-17(15)19-9-18-16/h4-7,9H,8H2,1-3H3,(H,20,21). The van der Waals surface area contributed by atoms with E-state index in [-0.39, 0.29) is 12.5 Å². The van der Waals surface area contributed by atoms with Crippen molar-refractivity contribution in [2.75, 3.05) is 11.9 Å². The largest absolute Gasteiger partial charge is 0.467 e. The topological polar surface area (TPSA) is 64.1 Å². The molecule has 3 aromatic rings. The van der Waals surface area contributed by atoms with Crippen LogP contribution >= 0.6 is 11.3 Å². The van der Waals surface area contributed by atoms with Crippen molar-refractivity contribution in [3.63, 3.8) is 0 Å². The van der Waals surface area contributed by atoms with E-state index in [1.807, 2.05) is 45.0 Å². The monoisotopic (exact) mass is 327 g/mol. The van der Waals surface area contributed by atoms with Crippen LogP contribution in [0.15, 0.2) is 30.6 Å². The number of thiophene rings is 1. The van der Waals surface area contributed by atoms with E-state index >= 15 is 0 Å². The van der Waals surface area contributed by atoms with Crippen LogP contribution in [0, 0.1) is 20.8 Å². The van der Waals surface area contributed by atoms with Crippen LogP contribution in [0.5, 0.6) is 5.88 Å². The molecule has 1 N–H and O–H groups in total. The molecule has 118 valence electrons. The third-order valence-electron chi connectivity index (χ3n) is 3.61. The lowest BCUT2D eigenvalue weighted by Gasteiger charge is -2.08. The molecule has 6 heteroatoms. The Morgan fingerprint density at radius 2 is 1.91 bits per heavy atom. The van der Waals surface area contributed by atoms with Gasteiger partial charge in [0, 0.05) is 10.6 Å². The van der Waals surface area contributed by atoms with Gasteiger partial charge in [-0.3, -0.25) is 4.79 Å². The summed E-state index contributed by atoms with van der Waals surface area (Å²) >= 11 is 1.60. The average molecular weight is 327 g/mol. The van der Waals surface area contributed by atoms with Crippen molar-refractivity contribution >= 4 is 33.1 Å². The number of aromatic nitrogens is 2. The van der Waals surface area contributed by atoms with Gasteiger partial charge in [0.05, 0.1) is 5.39 Å². The number of rotatable bonds is 4. The Morgan fingerprint density at radius 1 is 1.17 bits per heavy atom. The number of carbonyl (C=O) groups excluding carboxylic acids is 1. The van der Waals surface area contributed by atoms with Gasteiger partial charge in [-0.15, -0.1) is 11.3 Å². The van der Waals surface area contributed by atoms with Crippen molar-refractivity contribution in [1.82, 2.24) is 9.97 Å². The van der Waals surface area contributed by atoms with Gasteiger partial charge in [0.15, 0.2) is 6.61 Å². The molecule has 1 amide bonds. The van der Waals surface area contributed by atoms with Crippen molar-refractivity contribution < 1.29 is 9.53 Å². The van der Waals surface area contributed by atoms with Gasteiger partial charge in [0.25, 0.3) is 5.91 Å². The fourth-order valence-corrected chi connectivity index (χ4v) is 3.21. The zero-order chi connectivity index (χ0) is 16.4. The van der Waals surface area contributed by atoms with Gasteiger partial charge >= 0.3 is 0 Å². The molecule has 2 heterocycles. The maximum atomic E-state index is 12.0. The second-order valence-electron chi connectivity index (χ2n) is 5.35. The number of benzene rings is 1. The molecule has 0 atom stereocenters. The third kappa shape index (κ3) is 3.32. The number of aryl methyl sites for hydroxylation is 3. The van der Waals surface area contributed by atoms with E-state index in [1.54, 1.807) is 11.3 Å². The van der Waals surface area contributed by atoms with Crippen molar-refractivity contribution in [3.8, 4) is 5.88 Å². The lowest BCUT2D eigenvalue weighted by molar-refractivity contribution is -0.118. The van der Waals surface area contributed by atoms with Crippen molar-refractivity contribution in [2.24, 2.45) is 0 Å². The highest BCUT2D eigenvalue weighted by Crippen LogP contribution is 2.33. The second-order valence-corrected chi connectivity index (χ2v) is 6.55. The van der Waals surface area contributed by atoms with Crippen LogP contribution in [0.25, 0.3) is 10.2 Å². The predicted octanol–water partition coefficient (Wildman–Crippen LogP) is 3.63. The van der Waals surface area contributed by atoms with Gasteiger partial charge in [-0.25, -0.2) is 9.97 Å². The first kappa shape index (κ1) is 15.4. The third-order valence-corrected chi connectivity index (χ3v) is 4.72. The molecular weight excluding hydrogens is 310 g/mol. The molecule has 0 unspecified atom stereocenters. The number of anilines is 1.